The molecule has 1 aromatic rings. The number of rotatable bonds is 0. The summed E-state index contributed by atoms with van der Waals surface area (Å²) in [6.07, 6.45) is 4.35. The van der Waals surface area contributed by atoms with Crippen molar-refractivity contribution in [3.05, 3.63) is 17.3 Å². The molecule has 11 heavy (non-hydrogen) atoms. The zero-order valence-corrected chi connectivity index (χ0v) is 6.21. The van der Waals surface area contributed by atoms with Crippen molar-refractivity contribution in [2.75, 3.05) is 0 Å². The molecule has 1 aliphatic rings. The highest BCUT2D eigenvalue weighted by molar-refractivity contribution is 5.25. The zero-order valence-electron chi connectivity index (χ0n) is 6.21. The molecule has 3 heteroatoms. The van der Waals surface area contributed by atoms with Crippen LogP contribution in [0.1, 0.15) is 24.1 Å². The molecule has 1 aromatic heterocycles. The van der Waals surface area contributed by atoms with Gasteiger partial charge in [0, 0.05) is 6.07 Å². The monoisotopic (exact) mass is 149 g/mol. The topological polar surface area (TPSA) is 45.7 Å². The molecular weight excluding hydrogens is 140 g/mol. The van der Waals surface area contributed by atoms with Crippen molar-refractivity contribution in [3.63, 3.8) is 0 Å². The van der Waals surface area contributed by atoms with E-state index in [9.17, 15) is 5.11 Å². The zero-order chi connectivity index (χ0) is 7.68. The number of aryl methyl sites for hydroxylation is 2. The predicted molar refractivity (Wildman–Crippen MR) is 38.8 cm³/mol. The van der Waals surface area contributed by atoms with Crippen LogP contribution < -0.4 is 0 Å². The quantitative estimate of drug-likeness (QED) is 0.561. The summed E-state index contributed by atoms with van der Waals surface area (Å²) in [5.74, 6) is -0.203. The van der Waals surface area contributed by atoms with E-state index in [-0.39, 0.29) is 5.88 Å². The molecule has 0 saturated carbocycles. The van der Waals surface area contributed by atoms with Gasteiger partial charge in [-0.3, -0.25) is 5.11 Å². The van der Waals surface area contributed by atoms with Gasteiger partial charge < -0.3 is 0 Å². The second-order valence-corrected chi connectivity index (χ2v) is 2.86. The Morgan fingerprint density at radius 3 is 2.91 bits per heavy atom. The van der Waals surface area contributed by atoms with Gasteiger partial charge in [-0.25, -0.2) is 0 Å². The summed E-state index contributed by atoms with van der Waals surface area (Å²) in [6.45, 7) is 0. The van der Waals surface area contributed by atoms with Crippen molar-refractivity contribution in [3.8, 4) is 5.88 Å². The maximum Gasteiger partial charge on any atom is 0.288 e. The lowest BCUT2D eigenvalue weighted by Gasteiger charge is -2.11. The standard InChI is InChI=1S/C8H9N2O/c11-8-5-6-3-1-2-4-7(6)9-10-8/h5H,1-4H2. The van der Waals surface area contributed by atoms with Crippen molar-refractivity contribution in [2.45, 2.75) is 25.7 Å². The summed E-state index contributed by atoms with van der Waals surface area (Å²) in [6, 6.07) is 1.61. The third kappa shape index (κ3) is 1.18. The van der Waals surface area contributed by atoms with E-state index in [0.717, 1.165) is 24.1 Å². The number of aromatic nitrogens is 2. The average Bonchev–Trinajstić information content (AvgIpc) is 2.04. The normalized spacial score (nSPS) is 16.0. The fourth-order valence-corrected chi connectivity index (χ4v) is 1.47. The molecule has 1 radical (unpaired) electrons. The van der Waals surface area contributed by atoms with Gasteiger partial charge in [0.1, 0.15) is 0 Å². The average molecular weight is 149 g/mol. The Morgan fingerprint density at radius 2 is 2.00 bits per heavy atom. The molecule has 3 nitrogen and oxygen atoms in total. The highest BCUT2D eigenvalue weighted by atomic mass is 16.3. The minimum absolute atomic E-state index is 0.203. The van der Waals surface area contributed by atoms with Gasteiger partial charge >= 0.3 is 0 Å². The van der Waals surface area contributed by atoms with E-state index in [0.29, 0.717) is 0 Å². The molecule has 0 aromatic carbocycles. The highest BCUT2D eigenvalue weighted by Crippen LogP contribution is 2.20. The molecule has 0 N–H and O–H groups in total. The Balaban J connectivity index is 2.43. The SMILES string of the molecule is [O]c1cc2c(nn1)CCCC2. The van der Waals surface area contributed by atoms with Gasteiger partial charge in [0.25, 0.3) is 5.88 Å². The van der Waals surface area contributed by atoms with Gasteiger partial charge in [-0.15, -0.1) is 5.10 Å². The van der Waals surface area contributed by atoms with E-state index in [1.54, 1.807) is 6.07 Å². The molecule has 1 heterocycles. The summed E-state index contributed by atoms with van der Waals surface area (Å²) < 4.78 is 0. The summed E-state index contributed by atoms with van der Waals surface area (Å²) in [7, 11) is 0. The van der Waals surface area contributed by atoms with Gasteiger partial charge in [0.15, 0.2) is 0 Å². The lowest BCUT2D eigenvalue weighted by Crippen LogP contribution is -2.05. The Labute approximate surface area is 65.1 Å². The lowest BCUT2D eigenvalue weighted by atomic mass is 9.97. The summed E-state index contributed by atoms with van der Waals surface area (Å²) in [5.41, 5.74) is 2.13. The second kappa shape index (κ2) is 2.49. The van der Waals surface area contributed by atoms with Crippen LogP contribution in [0.4, 0.5) is 0 Å². The van der Waals surface area contributed by atoms with Gasteiger partial charge in [-0.2, -0.15) is 5.10 Å². The smallest absolute Gasteiger partial charge is 0.266 e. The fourth-order valence-electron chi connectivity index (χ4n) is 1.47. The molecule has 0 saturated heterocycles. The number of fused-ring (bicyclic) bond motifs is 1. The molecule has 1 aliphatic carbocycles. The predicted octanol–water partition coefficient (Wildman–Crippen LogP) is 1.50. The van der Waals surface area contributed by atoms with E-state index >= 15 is 0 Å². The van der Waals surface area contributed by atoms with E-state index in [4.69, 9.17) is 0 Å². The first kappa shape index (κ1) is 6.58. The maximum atomic E-state index is 10.8. The first-order valence-electron chi connectivity index (χ1n) is 3.89. The van der Waals surface area contributed by atoms with Crippen molar-refractivity contribution < 1.29 is 5.11 Å². The van der Waals surface area contributed by atoms with Crippen molar-refractivity contribution >= 4 is 0 Å². The molecular formula is C8H9N2O. The largest absolute Gasteiger partial charge is 0.288 e. The van der Waals surface area contributed by atoms with Crippen LogP contribution in [0, 0.1) is 0 Å². The summed E-state index contributed by atoms with van der Waals surface area (Å²) in [4.78, 5) is 0. The Bertz CT molecular complexity index is 273. The van der Waals surface area contributed by atoms with Crippen molar-refractivity contribution in [1.29, 1.82) is 0 Å². The Hall–Kier alpha value is -1.12. The maximum absolute atomic E-state index is 10.8. The highest BCUT2D eigenvalue weighted by Gasteiger charge is 2.11. The third-order valence-corrected chi connectivity index (χ3v) is 2.05. The van der Waals surface area contributed by atoms with Crippen molar-refractivity contribution in [1.82, 2.24) is 10.2 Å². The van der Waals surface area contributed by atoms with Crippen LogP contribution in [0.5, 0.6) is 5.88 Å². The van der Waals surface area contributed by atoms with Crippen molar-refractivity contribution in [2.24, 2.45) is 0 Å². The molecule has 2 rings (SSSR count). The van der Waals surface area contributed by atoms with Gasteiger partial charge in [-0.1, -0.05) is 0 Å². The minimum atomic E-state index is -0.203. The Morgan fingerprint density at radius 1 is 1.18 bits per heavy atom. The van der Waals surface area contributed by atoms with E-state index in [2.05, 4.69) is 10.2 Å². The van der Waals surface area contributed by atoms with Crippen LogP contribution >= 0.6 is 0 Å². The number of hydrogen-bond acceptors (Lipinski definition) is 2. The van der Waals surface area contributed by atoms with E-state index < -0.39 is 0 Å². The van der Waals surface area contributed by atoms with Gasteiger partial charge in [-0.05, 0) is 31.2 Å². The van der Waals surface area contributed by atoms with Crippen LogP contribution in [-0.2, 0) is 17.9 Å². The molecule has 57 valence electrons. The van der Waals surface area contributed by atoms with Gasteiger partial charge in [0.2, 0.25) is 0 Å². The molecule has 0 fully saturated rings. The van der Waals surface area contributed by atoms with E-state index in [1.165, 1.54) is 12.8 Å². The van der Waals surface area contributed by atoms with Gasteiger partial charge in [0.05, 0.1) is 5.69 Å². The lowest BCUT2D eigenvalue weighted by molar-refractivity contribution is 0.329. The van der Waals surface area contributed by atoms with E-state index in [1.807, 2.05) is 0 Å². The number of nitrogens with zero attached hydrogens (tertiary/aromatic N) is 2. The fraction of sp³-hybridized carbons (Fsp3) is 0.500. The third-order valence-electron chi connectivity index (χ3n) is 2.05. The first-order valence-corrected chi connectivity index (χ1v) is 3.89. The molecule has 0 bridgehead atoms. The molecule has 0 amide bonds. The Kier molecular flexibility index (Phi) is 1.49. The molecule has 0 unspecified atom stereocenters. The van der Waals surface area contributed by atoms with Crippen LogP contribution in [0.15, 0.2) is 6.07 Å². The number of hydrogen-bond donors (Lipinski definition) is 0. The van der Waals surface area contributed by atoms with Crippen LogP contribution in [0.25, 0.3) is 0 Å². The van der Waals surface area contributed by atoms with Crippen LogP contribution in [0.2, 0.25) is 0 Å². The summed E-state index contributed by atoms with van der Waals surface area (Å²) >= 11 is 0. The van der Waals surface area contributed by atoms with Crippen LogP contribution in [-0.4, -0.2) is 10.2 Å². The molecule has 0 aliphatic heterocycles. The first-order chi connectivity index (χ1) is 5.36. The second-order valence-electron chi connectivity index (χ2n) is 2.86. The minimum Gasteiger partial charge on any atom is -0.266 e. The molecule has 0 atom stereocenters. The molecule has 0 spiro atoms. The van der Waals surface area contributed by atoms with Crippen LogP contribution in [0.3, 0.4) is 0 Å². The summed E-state index contributed by atoms with van der Waals surface area (Å²) in [5, 5.41) is 18.1.